The van der Waals surface area contributed by atoms with Crippen LogP contribution in [0.2, 0.25) is 0 Å². The van der Waals surface area contributed by atoms with E-state index < -0.39 is 30.6 Å². The van der Waals surface area contributed by atoms with E-state index in [4.69, 9.17) is 18.9 Å². The van der Waals surface area contributed by atoms with Crippen LogP contribution in [0.3, 0.4) is 0 Å². The fourth-order valence-corrected chi connectivity index (χ4v) is 4.20. The lowest BCUT2D eigenvalue weighted by Crippen LogP contribution is -2.50. The first-order valence-corrected chi connectivity index (χ1v) is 12.1. The SMILES string of the molecule is CC(=O)NC1C(OCc2ccccc2)[C@@H]([C@@H](O)COCc2ccccc2)O[C@@H]1OCc1ccccc1. The van der Waals surface area contributed by atoms with E-state index in [1.165, 1.54) is 6.92 Å². The second kappa shape index (κ2) is 13.3. The van der Waals surface area contributed by atoms with Crippen molar-refractivity contribution in [1.82, 2.24) is 5.32 Å². The number of aliphatic hydroxyl groups excluding tert-OH is 1. The number of benzene rings is 3. The Labute approximate surface area is 212 Å². The maximum atomic E-state index is 12.1. The molecule has 36 heavy (non-hydrogen) atoms. The smallest absolute Gasteiger partial charge is 0.217 e. The highest BCUT2D eigenvalue weighted by molar-refractivity contribution is 5.73. The summed E-state index contributed by atoms with van der Waals surface area (Å²) in [6, 6.07) is 28.6. The van der Waals surface area contributed by atoms with Crippen molar-refractivity contribution in [3.8, 4) is 0 Å². The maximum Gasteiger partial charge on any atom is 0.217 e. The Kier molecular flexibility index (Phi) is 9.61. The third-order valence-electron chi connectivity index (χ3n) is 5.95. The predicted molar refractivity (Wildman–Crippen MR) is 135 cm³/mol. The molecule has 1 amide bonds. The maximum absolute atomic E-state index is 12.1. The molecule has 2 unspecified atom stereocenters. The Morgan fingerprint density at radius 3 is 1.86 bits per heavy atom. The van der Waals surface area contributed by atoms with Gasteiger partial charge >= 0.3 is 0 Å². The van der Waals surface area contributed by atoms with E-state index in [9.17, 15) is 9.90 Å². The van der Waals surface area contributed by atoms with E-state index in [0.29, 0.717) is 19.8 Å². The van der Waals surface area contributed by atoms with Crippen molar-refractivity contribution in [3.05, 3.63) is 108 Å². The van der Waals surface area contributed by atoms with Crippen LogP contribution in [0.1, 0.15) is 23.6 Å². The Bertz CT molecular complexity index is 1050. The number of hydrogen-bond acceptors (Lipinski definition) is 6. The summed E-state index contributed by atoms with van der Waals surface area (Å²) in [5, 5.41) is 14.0. The molecule has 1 aliphatic rings. The molecule has 0 aliphatic carbocycles. The van der Waals surface area contributed by atoms with Crippen LogP contribution in [-0.4, -0.2) is 48.3 Å². The topological polar surface area (TPSA) is 86.3 Å². The molecule has 5 atom stereocenters. The molecule has 7 nitrogen and oxygen atoms in total. The van der Waals surface area contributed by atoms with Crippen molar-refractivity contribution in [2.75, 3.05) is 6.61 Å². The average molecular weight is 492 g/mol. The van der Waals surface area contributed by atoms with Crippen LogP contribution >= 0.6 is 0 Å². The molecular formula is C29H33NO6. The van der Waals surface area contributed by atoms with Gasteiger partial charge in [-0.2, -0.15) is 0 Å². The molecule has 0 radical (unpaired) electrons. The summed E-state index contributed by atoms with van der Waals surface area (Å²) in [4.78, 5) is 12.1. The molecule has 190 valence electrons. The Morgan fingerprint density at radius 1 is 0.833 bits per heavy atom. The Morgan fingerprint density at radius 2 is 1.33 bits per heavy atom. The zero-order chi connectivity index (χ0) is 25.2. The second-order valence-electron chi connectivity index (χ2n) is 8.82. The minimum absolute atomic E-state index is 0.0446. The summed E-state index contributed by atoms with van der Waals surface area (Å²) in [5.41, 5.74) is 2.95. The van der Waals surface area contributed by atoms with E-state index in [2.05, 4.69) is 5.32 Å². The molecule has 0 saturated carbocycles. The first-order chi connectivity index (χ1) is 17.6. The van der Waals surface area contributed by atoms with Crippen LogP contribution in [0.25, 0.3) is 0 Å². The predicted octanol–water partition coefficient (Wildman–Crippen LogP) is 3.60. The zero-order valence-electron chi connectivity index (χ0n) is 20.4. The molecule has 7 heteroatoms. The molecule has 1 fully saturated rings. The summed E-state index contributed by atoms with van der Waals surface area (Å²) in [6.07, 6.45) is -3.20. The molecule has 0 aromatic heterocycles. The number of carbonyl (C=O) groups excluding carboxylic acids is 1. The molecule has 0 bridgehead atoms. The van der Waals surface area contributed by atoms with Gasteiger partial charge in [0.1, 0.15) is 24.4 Å². The summed E-state index contributed by atoms with van der Waals surface area (Å²) < 4.78 is 24.3. The van der Waals surface area contributed by atoms with Crippen LogP contribution in [0.4, 0.5) is 0 Å². The van der Waals surface area contributed by atoms with E-state index in [-0.39, 0.29) is 12.5 Å². The normalized spacial score (nSPS) is 22.3. The van der Waals surface area contributed by atoms with Gasteiger partial charge in [0.2, 0.25) is 5.91 Å². The van der Waals surface area contributed by atoms with E-state index >= 15 is 0 Å². The minimum Gasteiger partial charge on any atom is -0.388 e. The van der Waals surface area contributed by atoms with Gasteiger partial charge in [0.15, 0.2) is 6.29 Å². The quantitative estimate of drug-likeness (QED) is 0.403. The molecule has 4 rings (SSSR count). The number of hydrogen-bond donors (Lipinski definition) is 2. The average Bonchev–Trinajstić information content (AvgIpc) is 3.24. The van der Waals surface area contributed by atoms with Gasteiger partial charge in [0.05, 0.1) is 26.4 Å². The standard InChI is InChI=1S/C29H33NO6/c1-21(31)30-26-28(34-18-23-13-7-3-8-14-23)27(25(32)20-33-17-22-11-5-2-6-12-22)36-29(26)35-19-24-15-9-4-10-16-24/h2-16,25-29,32H,17-20H2,1H3,(H,30,31)/t25-,26?,27+,28?,29-/m0/s1. The molecular weight excluding hydrogens is 458 g/mol. The van der Waals surface area contributed by atoms with Crippen LogP contribution in [0.5, 0.6) is 0 Å². The summed E-state index contributed by atoms with van der Waals surface area (Å²) in [5.74, 6) is -0.235. The number of aliphatic hydroxyl groups is 1. The highest BCUT2D eigenvalue weighted by Gasteiger charge is 2.49. The summed E-state index contributed by atoms with van der Waals surface area (Å²) >= 11 is 0. The van der Waals surface area contributed by atoms with Crippen molar-refractivity contribution in [2.45, 2.75) is 57.4 Å². The second-order valence-corrected chi connectivity index (χ2v) is 8.82. The number of ether oxygens (including phenoxy) is 4. The Hall–Kier alpha value is -3.07. The van der Waals surface area contributed by atoms with Crippen LogP contribution in [0, 0.1) is 0 Å². The van der Waals surface area contributed by atoms with Gasteiger partial charge in [-0.25, -0.2) is 0 Å². The first-order valence-electron chi connectivity index (χ1n) is 12.1. The monoisotopic (exact) mass is 491 g/mol. The number of nitrogens with one attached hydrogen (secondary N) is 1. The van der Waals surface area contributed by atoms with Crippen LogP contribution < -0.4 is 5.32 Å². The lowest BCUT2D eigenvalue weighted by Gasteiger charge is -2.27. The zero-order valence-corrected chi connectivity index (χ0v) is 20.4. The lowest BCUT2D eigenvalue weighted by atomic mass is 10.0. The number of amides is 1. The van der Waals surface area contributed by atoms with Gasteiger partial charge in [-0.3, -0.25) is 4.79 Å². The van der Waals surface area contributed by atoms with Crippen molar-refractivity contribution in [1.29, 1.82) is 0 Å². The minimum atomic E-state index is -0.990. The largest absolute Gasteiger partial charge is 0.388 e. The molecule has 3 aromatic rings. The molecule has 2 N–H and O–H groups in total. The molecule has 1 saturated heterocycles. The Balaban J connectivity index is 1.46. The van der Waals surface area contributed by atoms with Gasteiger partial charge in [0.25, 0.3) is 0 Å². The first kappa shape index (κ1) is 26.0. The number of carbonyl (C=O) groups is 1. The van der Waals surface area contributed by atoms with Crippen molar-refractivity contribution in [2.24, 2.45) is 0 Å². The van der Waals surface area contributed by atoms with Crippen LogP contribution in [0.15, 0.2) is 91.0 Å². The van der Waals surface area contributed by atoms with Gasteiger partial charge in [-0.05, 0) is 16.7 Å². The fraction of sp³-hybridized carbons (Fsp3) is 0.345. The van der Waals surface area contributed by atoms with E-state index in [1.54, 1.807) is 0 Å². The summed E-state index contributed by atoms with van der Waals surface area (Å²) in [6.45, 7) is 2.44. The van der Waals surface area contributed by atoms with Crippen molar-refractivity contribution >= 4 is 5.91 Å². The van der Waals surface area contributed by atoms with Crippen molar-refractivity contribution in [3.63, 3.8) is 0 Å². The highest BCUT2D eigenvalue weighted by Crippen LogP contribution is 2.29. The fourth-order valence-electron chi connectivity index (χ4n) is 4.20. The highest BCUT2D eigenvalue weighted by atomic mass is 16.7. The van der Waals surface area contributed by atoms with Gasteiger partial charge < -0.3 is 29.4 Å². The number of rotatable bonds is 12. The van der Waals surface area contributed by atoms with E-state index in [1.807, 2.05) is 91.0 Å². The summed E-state index contributed by atoms with van der Waals surface area (Å²) in [7, 11) is 0. The lowest BCUT2D eigenvalue weighted by molar-refractivity contribution is -0.177. The van der Waals surface area contributed by atoms with Gasteiger partial charge in [0, 0.05) is 6.92 Å². The van der Waals surface area contributed by atoms with E-state index in [0.717, 1.165) is 16.7 Å². The molecule has 0 spiro atoms. The molecule has 1 heterocycles. The molecule has 1 aliphatic heterocycles. The van der Waals surface area contributed by atoms with Gasteiger partial charge in [-0.1, -0.05) is 91.0 Å². The van der Waals surface area contributed by atoms with Gasteiger partial charge in [-0.15, -0.1) is 0 Å². The van der Waals surface area contributed by atoms with Crippen molar-refractivity contribution < 1.29 is 28.8 Å². The third-order valence-corrected chi connectivity index (χ3v) is 5.95. The molecule has 3 aromatic carbocycles. The van der Waals surface area contributed by atoms with Crippen LogP contribution in [-0.2, 0) is 43.6 Å². The third kappa shape index (κ3) is 7.46.